The lowest BCUT2D eigenvalue weighted by Gasteiger charge is -2.35. The van der Waals surface area contributed by atoms with Crippen molar-refractivity contribution in [3.8, 4) is 0 Å². The predicted octanol–water partition coefficient (Wildman–Crippen LogP) is 2.74. The molecule has 0 aliphatic heterocycles. The van der Waals surface area contributed by atoms with Crippen LogP contribution < -0.4 is 5.32 Å². The van der Waals surface area contributed by atoms with Crippen LogP contribution in [-0.2, 0) is 13.5 Å². The minimum absolute atomic E-state index is 0.356. The summed E-state index contributed by atoms with van der Waals surface area (Å²) in [5.74, 6) is 0.799. The molecule has 1 N–H and O–H groups in total. The summed E-state index contributed by atoms with van der Waals surface area (Å²) < 4.78 is 1.86. The number of hydrogen-bond acceptors (Lipinski definition) is 2. The van der Waals surface area contributed by atoms with Crippen LogP contribution >= 0.6 is 11.6 Å². The summed E-state index contributed by atoms with van der Waals surface area (Å²) in [4.78, 5) is 0. The maximum atomic E-state index is 6.18. The molecule has 1 heterocycles. The summed E-state index contributed by atoms with van der Waals surface area (Å²) in [5.41, 5.74) is 1.66. The minimum atomic E-state index is 0.356. The van der Waals surface area contributed by atoms with Crippen LogP contribution in [0.25, 0.3) is 0 Å². The van der Waals surface area contributed by atoms with E-state index in [9.17, 15) is 0 Å². The number of rotatable bonds is 6. The Kier molecular flexibility index (Phi) is 5.07. The Labute approximate surface area is 115 Å². The first-order chi connectivity index (χ1) is 8.74. The number of aromatic nitrogens is 2. The van der Waals surface area contributed by atoms with Crippen LogP contribution in [0.2, 0.25) is 0 Å². The highest BCUT2D eigenvalue weighted by atomic mass is 35.5. The highest BCUT2D eigenvalue weighted by Crippen LogP contribution is 2.36. The van der Waals surface area contributed by atoms with Gasteiger partial charge in [0.25, 0.3) is 0 Å². The number of aryl methyl sites for hydroxylation is 1. The van der Waals surface area contributed by atoms with Gasteiger partial charge in [-0.1, -0.05) is 19.3 Å². The lowest BCUT2D eigenvalue weighted by Crippen LogP contribution is -2.38. The fourth-order valence-electron chi connectivity index (χ4n) is 2.85. The fraction of sp³-hybridized carbons (Fsp3) is 0.786. The molecule has 102 valence electrons. The second-order valence-electron chi connectivity index (χ2n) is 5.64. The van der Waals surface area contributed by atoms with Gasteiger partial charge in [0, 0.05) is 25.7 Å². The van der Waals surface area contributed by atoms with Crippen LogP contribution in [0.3, 0.4) is 0 Å². The van der Waals surface area contributed by atoms with Crippen molar-refractivity contribution in [3.63, 3.8) is 0 Å². The molecule has 1 aliphatic carbocycles. The number of hydrogen-bond donors (Lipinski definition) is 1. The summed E-state index contributed by atoms with van der Waals surface area (Å²) in [6, 6.07) is 0. The maximum Gasteiger partial charge on any atom is 0.0522 e. The van der Waals surface area contributed by atoms with Crippen molar-refractivity contribution in [2.45, 2.75) is 38.5 Å². The molecule has 1 aromatic rings. The first-order valence-electron chi connectivity index (χ1n) is 6.98. The topological polar surface area (TPSA) is 29.9 Å². The van der Waals surface area contributed by atoms with E-state index in [0.717, 1.165) is 25.4 Å². The van der Waals surface area contributed by atoms with Crippen molar-refractivity contribution < 1.29 is 0 Å². The first-order valence-corrected chi connectivity index (χ1v) is 7.52. The van der Waals surface area contributed by atoms with Crippen LogP contribution in [-0.4, -0.2) is 28.8 Å². The van der Waals surface area contributed by atoms with Crippen molar-refractivity contribution >= 4 is 11.6 Å². The molecule has 0 saturated heterocycles. The summed E-state index contributed by atoms with van der Waals surface area (Å²) in [6.45, 7) is 2.08. The Bertz CT molecular complexity index is 356. The molecule has 0 atom stereocenters. The molecular weight excluding hydrogens is 246 g/mol. The zero-order valence-corrected chi connectivity index (χ0v) is 12.0. The number of halogens is 1. The normalized spacial score (nSPS) is 19.0. The molecule has 1 aromatic heterocycles. The fourth-order valence-corrected chi connectivity index (χ4v) is 3.21. The highest BCUT2D eigenvalue weighted by Gasteiger charge is 2.30. The maximum absolute atomic E-state index is 6.18. The molecule has 0 radical (unpaired) electrons. The van der Waals surface area contributed by atoms with Gasteiger partial charge in [-0.3, -0.25) is 4.68 Å². The Balaban J connectivity index is 1.70. The van der Waals surface area contributed by atoms with E-state index in [1.54, 1.807) is 0 Å². The van der Waals surface area contributed by atoms with Crippen molar-refractivity contribution in [1.29, 1.82) is 0 Å². The largest absolute Gasteiger partial charge is 0.316 e. The van der Waals surface area contributed by atoms with Crippen LogP contribution in [0.5, 0.6) is 0 Å². The van der Waals surface area contributed by atoms with E-state index in [4.69, 9.17) is 11.6 Å². The molecular formula is C14H24ClN3. The molecule has 0 bridgehead atoms. The smallest absolute Gasteiger partial charge is 0.0522 e. The average molecular weight is 270 g/mol. The molecule has 1 saturated carbocycles. The average Bonchev–Trinajstić information content (AvgIpc) is 2.82. The quantitative estimate of drug-likeness (QED) is 0.636. The van der Waals surface area contributed by atoms with Crippen LogP contribution in [0.4, 0.5) is 0 Å². The van der Waals surface area contributed by atoms with Crippen molar-refractivity contribution in [1.82, 2.24) is 15.1 Å². The third kappa shape index (κ3) is 3.72. The first kappa shape index (κ1) is 13.9. The van der Waals surface area contributed by atoms with Crippen molar-refractivity contribution in [3.05, 3.63) is 18.0 Å². The molecule has 1 fully saturated rings. The molecule has 18 heavy (non-hydrogen) atoms. The van der Waals surface area contributed by atoms with E-state index in [-0.39, 0.29) is 0 Å². The number of nitrogens with zero attached hydrogens (tertiary/aromatic N) is 2. The van der Waals surface area contributed by atoms with Gasteiger partial charge in [-0.05, 0) is 36.8 Å². The minimum Gasteiger partial charge on any atom is -0.316 e. The molecule has 0 aromatic carbocycles. The standard InChI is InChI=1S/C14H24ClN3/c1-18-10-13(9-17-18)5-8-16-12-14(11-15)6-3-2-4-7-14/h9-10,16H,2-8,11-12H2,1H3. The summed E-state index contributed by atoms with van der Waals surface area (Å²) in [5, 5.41) is 7.77. The second-order valence-corrected chi connectivity index (χ2v) is 5.91. The third-order valence-corrected chi connectivity index (χ3v) is 4.61. The highest BCUT2D eigenvalue weighted by molar-refractivity contribution is 6.18. The Morgan fingerprint density at radius 3 is 2.78 bits per heavy atom. The van der Waals surface area contributed by atoms with Crippen LogP contribution in [0.15, 0.2) is 12.4 Å². The Morgan fingerprint density at radius 1 is 1.39 bits per heavy atom. The number of nitrogens with one attached hydrogen (secondary N) is 1. The summed E-state index contributed by atoms with van der Waals surface area (Å²) in [6.07, 6.45) is 11.7. The lowest BCUT2D eigenvalue weighted by atomic mass is 9.75. The Hall–Kier alpha value is -0.540. The van der Waals surface area contributed by atoms with E-state index >= 15 is 0 Å². The van der Waals surface area contributed by atoms with Gasteiger partial charge in [-0.2, -0.15) is 5.10 Å². The molecule has 4 heteroatoms. The van der Waals surface area contributed by atoms with Gasteiger partial charge in [0.1, 0.15) is 0 Å². The van der Waals surface area contributed by atoms with Gasteiger partial charge in [-0.25, -0.2) is 0 Å². The van der Waals surface area contributed by atoms with Gasteiger partial charge in [0.15, 0.2) is 0 Å². The van der Waals surface area contributed by atoms with Gasteiger partial charge < -0.3 is 5.32 Å². The molecule has 0 amide bonds. The van der Waals surface area contributed by atoms with Gasteiger partial charge in [0.05, 0.1) is 6.20 Å². The van der Waals surface area contributed by atoms with Gasteiger partial charge in [-0.15, -0.1) is 11.6 Å². The Morgan fingerprint density at radius 2 is 2.17 bits per heavy atom. The SMILES string of the molecule is Cn1cc(CCNCC2(CCl)CCCCC2)cn1. The predicted molar refractivity (Wildman–Crippen MR) is 76.0 cm³/mol. The second kappa shape index (κ2) is 6.58. The molecule has 2 rings (SSSR count). The van der Waals surface area contributed by atoms with Crippen LogP contribution in [0, 0.1) is 5.41 Å². The van der Waals surface area contributed by atoms with Crippen LogP contribution in [0.1, 0.15) is 37.7 Å². The molecule has 0 unspecified atom stereocenters. The monoisotopic (exact) mass is 269 g/mol. The van der Waals surface area contributed by atoms with E-state index in [2.05, 4.69) is 16.6 Å². The lowest BCUT2D eigenvalue weighted by molar-refractivity contribution is 0.213. The zero-order chi connectivity index (χ0) is 12.8. The third-order valence-electron chi connectivity index (χ3n) is 4.05. The molecule has 3 nitrogen and oxygen atoms in total. The van der Waals surface area contributed by atoms with Crippen molar-refractivity contribution in [2.24, 2.45) is 12.5 Å². The zero-order valence-electron chi connectivity index (χ0n) is 11.3. The van der Waals surface area contributed by atoms with Gasteiger partial charge >= 0.3 is 0 Å². The number of alkyl halides is 1. The van der Waals surface area contributed by atoms with Gasteiger partial charge in [0.2, 0.25) is 0 Å². The summed E-state index contributed by atoms with van der Waals surface area (Å²) >= 11 is 6.18. The van der Waals surface area contributed by atoms with Crippen molar-refractivity contribution in [2.75, 3.05) is 19.0 Å². The van der Waals surface area contributed by atoms with E-state index < -0.39 is 0 Å². The molecule has 1 aliphatic rings. The van der Waals surface area contributed by atoms with E-state index in [1.165, 1.54) is 37.7 Å². The molecule has 0 spiro atoms. The van der Waals surface area contributed by atoms with E-state index in [0.29, 0.717) is 5.41 Å². The summed E-state index contributed by atoms with van der Waals surface area (Å²) in [7, 11) is 1.96. The van der Waals surface area contributed by atoms with E-state index in [1.807, 2.05) is 17.9 Å².